The van der Waals surface area contributed by atoms with Gasteiger partial charge < -0.3 is 9.88 Å². The lowest BCUT2D eigenvalue weighted by molar-refractivity contribution is 0.102. The van der Waals surface area contributed by atoms with Crippen molar-refractivity contribution >= 4 is 22.5 Å². The summed E-state index contributed by atoms with van der Waals surface area (Å²) < 4.78 is 1.54. The van der Waals surface area contributed by atoms with Crippen molar-refractivity contribution < 1.29 is 4.79 Å². The average Bonchev–Trinajstić information content (AvgIpc) is 3.12. The van der Waals surface area contributed by atoms with Gasteiger partial charge in [-0.2, -0.15) is 5.10 Å². The van der Waals surface area contributed by atoms with Crippen LogP contribution in [-0.4, -0.2) is 20.7 Å². The number of aromatic nitrogens is 3. The van der Waals surface area contributed by atoms with Gasteiger partial charge in [0.1, 0.15) is 0 Å². The average molecular weight is 372 g/mol. The van der Waals surface area contributed by atoms with Gasteiger partial charge in [-0.3, -0.25) is 14.7 Å². The maximum Gasteiger partial charge on any atom is 0.256 e. The van der Waals surface area contributed by atoms with Crippen molar-refractivity contribution in [3.05, 3.63) is 81.8 Å². The lowest BCUT2D eigenvalue weighted by atomic mass is 10.0. The van der Waals surface area contributed by atoms with Crippen molar-refractivity contribution in [2.24, 2.45) is 7.05 Å². The smallest absolute Gasteiger partial charge is 0.256 e. The van der Waals surface area contributed by atoms with Gasteiger partial charge in [0.05, 0.1) is 22.5 Å². The van der Waals surface area contributed by atoms with E-state index in [1.165, 1.54) is 10.6 Å². The van der Waals surface area contributed by atoms with Crippen LogP contribution in [0.15, 0.2) is 59.4 Å². The number of anilines is 1. The van der Waals surface area contributed by atoms with E-state index >= 15 is 0 Å². The Kier molecular flexibility index (Phi) is 4.31. The van der Waals surface area contributed by atoms with Crippen molar-refractivity contribution in [2.45, 2.75) is 13.8 Å². The number of nitrogens with one attached hydrogen (secondary N) is 2. The van der Waals surface area contributed by atoms with Gasteiger partial charge in [-0.1, -0.05) is 29.8 Å². The zero-order chi connectivity index (χ0) is 19.8. The molecule has 0 saturated carbocycles. The second kappa shape index (κ2) is 6.81. The molecule has 0 aliphatic heterocycles. The monoisotopic (exact) mass is 372 g/mol. The Bertz CT molecular complexity index is 1270. The zero-order valence-corrected chi connectivity index (χ0v) is 15.9. The number of carbonyl (C=O) groups excluding carboxylic acids is 1. The Morgan fingerprint density at radius 2 is 1.86 bits per heavy atom. The third-order valence-electron chi connectivity index (χ3n) is 4.80. The van der Waals surface area contributed by atoms with Crippen molar-refractivity contribution in [2.75, 3.05) is 5.32 Å². The summed E-state index contributed by atoms with van der Waals surface area (Å²) in [7, 11) is 1.70. The van der Waals surface area contributed by atoms with E-state index < -0.39 is 0 Å². The van der Waals surface area contributed by atoms with Crippen molar-refractivity contribution in [1.82, 2.24) is 14.8 Å². The van der Waals surface area contributed by atoms with Crippen molar-refractivity contribution in [3.63, 3.8) is 0 Å². The maximum atomic E-state index is 13.1. The van der Waals surface area contributed by atoms with Gasteiger partial charge in [-0.05, 0) is 38.1 Å². The summed E-state index contributed by atoms with van der Waals surface area (Å²) in [5.41, 5.74) is 5.06. The first kappa shape index (κ1) is 17.7. The number of carbonyl (C=O) groups is 1. The molecule has 2 N–H and O–H groups in total. The van der Waals surface area contributed by atoms with Gasteiger partial charge in [0.2, 0.25) is 0 Å². The van der Waals surface area contributed by atoms with Crippen molar-refractivity contribution in [3.8, 4) is 11.3 Å². The number of aryl methyl sites for hydroxylation is 3. The fourth-order valence-corrected chi connectivity index (χ4v) is 3.32. The zero-order valence-electron chi connectivity index (χ0n) is 15.9. The predicted octanol–water partition coefficient (Wildman–Crippen LogP) is 3.80. The minimum Gasteiger partial charge on any atom is -0.321 e. The fraction of sp³-hybridized carbons (Fsp3) is 0.136. The third-order valence-corrected chi connectivity index (χ3v) is 4.80. The van der Waals surface area contributed by atoms with Crippen LogP contribution in [0.2, 0.25) is 0 Å². The lowest BCUT2D eigenvalue weighted by Gasteiger charge is -2.13. The van der Waals surface area contributed by atoms with E-state index in [0.717, 1.165) is 27.9 Å². The van der Waals surface area contributed by atoms with Crippen LogP contribution in [-0.2, 0) is 7.05 Å². The van der Waals surface area contributed by atoms with Gasteiger partial charge >= 0.3 is 0 Å². The molecule has 0 bridgehead atoms. The summed E-state index contributed by atoms with van der Waals surface area (Å²) in [6, 6.07) is 16.5. The van der Waals surface area contributed by atoms with Crippen LogP contribution in [0.25, 0.3) is 22.2 Å². The van der Waals surface area contributed by atoms with E-state index in [1.54, 1.807) is 7.05 Å². The summed E-state index contributed by atoms with van der Waals surface area (Å²) in [6.45, 7) is 3.92. The third kappa shape index (κ3) is 3.09. The number of H-pyrrole nitrogens is 1. The minimum absolute atomic E-state index is 0.226. The van der Waals surface area contributed by atoms with E-state index in [4.69, 9.17) is 0 Å². The standard InChI is InChI=1S/C22H20N4O2/c1-13-8-9-18(17(10-13)19-11-14(2)24-25-19)23-22(28)16-12-21(27)26(3)20-7-5-4-6-15(16)20/h4-12H,1-3H3,(H,23,28)(H,24,25). The molecular weight excluding hydrogens is 352 g/mol. The maximum absolute atomic E-state index is 13.1. The molecule has 0 fully saturated rings. The molecule has 140 valence electrons. The Morgan fingerprint density at radius 1 is 1.07 bits per heavy atom. The van der Waals surface area contributed by atoms with Crippen LogP contribution in [0, 0.1) is 13.8 Å². The largest absolute Gasteiger partial charge is 0.321 e. The second-order valence-corrected chi connectivity index (χ2v) is 6.91. The number of nitrogens with zero attached hydrogens (tertiary/aromatic N) is 2. The van der Waals surface area contributed by atoms with E-state index in [9.17, 15) is 9.59 Å². The highest BCUT2D eigenvalue weighted by Gasteiger charge is 2.16. The molecule has 1 amide bonds. The SMILES string of the molecule is Cc1ccc(NC(=O)c2cc(=O)n(C)c3ccccc23)c(-c2cc(C)[nH]n2)c1. The first-order valence-corrected chi connectivity index (χ1v) is 8.97. The molecular formula is C22H20N4O2. The molecule has 6 nitrogen and oxygen atoms in total. The van der Waals surface area contributed by atoms with E-state index in [1.807, 2.05) is 62.4 Å². The number of aromatic amines is 1. The molecule has 0 saturated heterocycles. The Morgan fingerprint density at radius 3 is 2.61 bits per heavy atom. The molecule has 0 unspecified atom stereocenters. The molecule has 4 rings (SSSR count). The molecule has 4 aromatic rings. The molecule has 0 spiro atoms. The van der Waals surface area contributed by atoms with Gasteiger partial charge in [0.25, 0.3) is 11.5 Å². The summed E-state index contributed by atoms with van der Waals surface area (Å²) in [4.78, 5) is 25.4. The number of amides is 1. The van der Waals surface area contributed by atoms with Crippen LogP contribution in [0.1, 0.15) is 21.6 Å². The van der Waals surface area contributed by atoms with Crippen molar-refractivity contribution in [1.29, 1.82) is 0 Å². The normalized spacial score (nSPS) is 11.0. The molecule has 0 aliphatic carbocycles. The Labute approximate surface area is 161 Å². The summed E-state index contributed by atoms with van der Waals surface area (Å²) >= 11 is 0. The summed E-state index contributed by atoms with van der Waals surface area (Å²) in [5.74, 6) is -0.328. The van der Waals surface area contributed by atoms with Crippen LogP contribution in [0.4, 0.5) is 5.69 Å². The molecule has 0 radical (unpaired) electrons. The molecule has 6 heteroatoms. The van der Waals surface area contributed by atoms with E-state index in [-0.39, 0.29) is 11.5 Å². The van der Waals surface area contributed by atoms with Gasteiger partial charge in [-0.15, -0.1) is 0 Å². The molecule has 28 heavy (non-hydrogen) atoms. The quantitative estimate of drug-likeness (QED) is 0.574. The highest BCUT2D eigenvalue weighted by Crippen LogP contribution is 2.29. The Balaban J connectivity index is 1.80. The highest BCUT2D eigenvalue weighted by molar-refractivity contribution is 6.13. The van der Waals surface area contributed by atoms with E-state index in [0.29, 0.717) is 16.8 Å². The van der Waals surface area contributed by atoms with Crippen LogP contribution in [0.5, 0.6) is 0 Å². The number of benzene rings is 2. The number of rotatable bonds is 3. The molecule has 0 atom stereocenters. The van der Waals surface area contributed by atoms with Crippen LogP contribution < -0.4 is 10.9 Å². The Hall–Kier alpha value is -3.67. The van der Waals surface area contributed by atoms with Crippen LogP contribution >= 0.6 is 0 Å². The molecule has 2 heterocycles. The molecule has 0 aliphatic rings. The van der Waals surface area contributed by atoms with Gasteiger partial charge in [0, 0.05) is 29.8 Å². The topological polar surface area (TPSA) is 79.8 Å². The predicted molar refractivity (Wildman–Crippen MR) is 111 cm³/mol. The van der Waals surface area contributed by atoms with Gasteiger partial charge in [0.15, 0.2) is 0 Å². The summed E-state index contributed by atoms with van der Waals surface area (Å²) in [6.07, 6.45) is 0. The number of hydrogen-bond donors (Lipinski definition) is 2. The highest BCUT2D eigenvalue weighted by atomic mass is 16.2. The summed E-state index contributed by atoms with van der Waals surface area (Å²) in [5, 5.41) is 10.9. The number of pyridine rings is 1. The number of hydrogen-bond acceptors (Lipinski definition) is 3. The number of fused-ring (bicyclic) bond motifs is 1. The minimum atomic E-state index is -0.328. The number of para-hydroxylation sites is 1. The second-order valence-electron chi connectivity index (χ2n) is 6.91. The lowest BCUT2D eigenvalue weighted by Crippen LogP contribution is -2.21. The first-order valence-electron chi connectivity index (χ1n) is 8.97. The van der Waals surface area contributed by atoms with Gasteiger partial charge in [-0.25, -0.2) is 0 Å². The first-order chi connectivity index (χ1) is 13.4. The van der Waals surface area contributed by atoms with Crippen LogP contribution in [0.3, 0.4) is 0 Å². The molecule has 2 aromatic heterocycles. The fourth-order valence-electron chi connectivity index (χ4n) is 3.32. The van der Waals surface area contributed by atoms with E-state index in [2.05, 4.69) is 15.5 Å². The molecule has 2 aromatic carbocycles.